The average Bonchev–Trinajstić information content (AvgIpc) is 2.99. The lowest BCUT2D eigenvalue weighted by Gasteiger charge is -2.37. The lowest BCUT2D eigenvalue weighted by Crippen LogP contribution is -2.53. The van der Waals surface area contributed by atoms with Gasteiger partial charge in [-0.15, -0.1) is 0 Å². The van der Waals surface area contributed by atoms with Gasteiger partial charge in [-0.25, -0.2) is 8.42 Å². The number of nitrogens with zero attached hydrogens (tertiary/aromatic N) is 1. The molecule has 2 saturated heterocycles. The van der Waals surface area contributed by atoms with Gasteiger partial charge in [-0.2, -0.15) is 4.31 Å². The molecule has 0 spiro atoms. The van der Waals surface area contributed by atoms with Crippen LogP contribution in [0.25, 0.3) is 0 Å². The minimum absolute atomic E-state index is 0.0781. The maximum Gasteiger partial charge on any atom is 0.219 e. The molecule has 3 atom stereocenters. The third-order valence-corrected chi connectivity index (χ3v) is 6.39. The molecule has 17 heavy (non-hydrogen) atoms. The van der Waals surface area contributed by atoms with Gasteiger partial charge < -0.3 is 9.47 Å². The predicted molar refractivity (Wildman–Crippen MR) is 62.2 cm³/mol. The van der Waals surface area contributed by atoms with E-state index in [-0.39, 0.29) is 17.4 Å². The highest BCUT2D eigenvalue weighted by Gasteiger charge is 2.45. The number of hydrogen-bond donors (Lipinski definition) is 0. The van der Waals surface area contributed by atoms with Gasteiger partial charge in [-0.05, 0) is 25.7 Å². The molecule has 3 fully saturated rings. The van der Waals surface area contributed by atoms with Crippen LogP contribution < -0.4 is 0 Å². The summed E-state index contributed by atoms with van der Waals surface area (Å²) in [5.74, 6) is 0. The molecular weight excluding hydrogens is 242 g/mol. The third kappa shape index (κ3) is 2.01. The van der Waals surface area contributed by atoms with Crippen LogP contribution in [-0.4, -0.2) is 56.5 Å². The standard InChI is InChI=1S/C11H19NO4S/c13-17(14,9-4-6-15-8-9)12-5-7-16-11-3-1-2-10(11)12/h9-11H,1-8H2/t9?,10-,11+/m1/s1. The Labute approximate surface area is 102 Å². The Balaban J connectivity index is 1.81. The molecule has 1 saturated carbocycles. The van der Waals surface area contributed by atoms with Gasteiger partial charge in [0.15, 0.2) is 0 Å². The minimum Gasteiger partial charge on any atom is -0.380 e. The van der Waals surface area contributed by atoms with Crippen LogP contribution >= 0.6 is 0 Å². The van der Waals surface area contributed by atoms with Crippen LogP contribution in [-0.2, 0) is 19.5 Å². The van der Waals surface area contributed by atoms with Crippen LogP contribution in [0.4, 0.5) is 0 Å². The maximum absolute atomic E-state index is 12.5. The third-order valence-electron chi connectivity index (χ3n) is 4.07. The van der Waals surface area contributed by atoms with E-state index in [1.807, 2.05) is 0 Å². The average molecular weight is 261 g/mol. The molecule has 0 amide bonds. The molecule has 2 heterocycles. The molecule has 5 nitrogen and oxygen atoms in total. The van der Waals surface area contributed by atoms with E-state index in [4.69, 9.17) is 9.47 Å². The zero-order chi connectivity index (χ0) is 11.9. The molecule has 0 aromatic heterocycles. The first-order valence-corrected chi connectivity index (χ1v) is 7.90. The van der Waals surface area contributed by atoms with E-state index in [9.17, 15) is 8.42 Å². The van der Waals surface area contributed by atoms with Gasteiger partial charge in [-0.1, -0.05) is 0 Å². The van der Waals surface area contributed by atoms with Crippen molar-refractivity contribution in [2.75, 3.05) is 26.4 Å². The molecule has 0 aromatic rings. The Morgan fingerprint density at radius 3 is 2.76 bits per heavy atom. The fraction of sp³-hybridized carbons (Fsp3) is 1.00. The lowest BCUT2D eigenvalue weighted by atomic mass is 10.2. The summed E-state index contributed by atoms with van der Waals surface area (Å²) in [7, 11) is -3.19. The van der Waals surface area contributed by atoms with E-state index in [1.54, 1.807) is 4.31 Å². The highest BCUT2D eigenvalue weighted by atomic mass is 32.2. The van der Waals surface area contributed by atoms with Crippen molar-refractivity contribution in [1.29, 1.82) is 0 Å². The Morgan fingerprint density at radius 1 is 1.12 bits per heavy atom. The summed E-state index contributed by atoms with van der Waals surface area (Å²) in [6.45, 7) is 1.98. The van der Waals surface area contributed by atoms with Crippen molar-refractivity contribution in [3.05, 3.63) is 0 Å². The summed E-state index contributed by atoms with van der Waals surface area (Å²) in [5.41, 5.74) is 0. The molecule has 2 aliphatic heterocycles. The zero-order valence-electron chi connectivity index (χ0n) is 9.88. The van der Waals surface area contributed by atoms with E-state index in [0.717, 1.165) is 19.3 Å². The normalized spacial score (nSPS) is 39.4. The van der Waals surface area contributed by atoms with Crippen molar-refractivity contribution < 1.29 is 17.9 Å². The van der Waals surface area contributed by atoms with Crippen LogP contribution in [0.15, 0.2) is 0 Å². The summed E-state index contributed by atoms with van der Waals surface area (Å²) >= 11 is 0. The van der Waals surface area contributed by atoms with Gasteiger partial charge in [0.2, 0.25) is 10.0 Å². The van der Waals surface area contributed by atoms with Crippen molar-refractivity contribution in [2.45, 2.75) is 43.1 Å². The van der Waals surface area contributed by atoms with Gasteiger partial charge >= 0.3 is 0 Å². The molecule has 1 aliphatic carbocycles. The van der Waals surface area contributed by atoms with Gasteiger partial charge in [0.1, 0.15) is 5.25 Å². The van der Waals surface area contributed by atoms with E-state index in [1.165, 1.54) is 0 Å². The molecule has 3 aliphatic rings. The molecule has 3 rings (SSSR count). The molecule has 6 heteroatoms. The number of ether oxygens (including phenoxy) is 2. The molecule has 1 unspecified atom stereocenters. The summed E-state index contributed by atoms with van der Waals surface area (Å²) in [5, 5.41) is -0.332. The van der Waals surface area contributed by atoms with Crippen LogP contribution in [0.1, 0.15) is 25.7 Å². The fourth-order valence-corrected chi connectivity index (χ4v) is 5.14. The smallest absolute Gasteiger partial charge is 0.219 e. The van der Waals surface area contributed by atoms with Crippen LogP contribution in [0, 0.1) is 0 Å². The molecule has 0 aromatic carbocycles. The second-order valence-electron chi connectivity index (χ2n) is 5.05. The Hall–Kier alpha value is -0.170. The van der Waals surface area contributed by atoms with E-state index in [2.05, 4.69) is 0 Å². The quantitative estimate of drug-likeness (QED) is 0.720. The Morgan fingerprint density at radius 2 is 2.00 bits per heavy atom. The van der Waals surface area contributed by atoms with Crippen LogP contribution in [0.2, 0.25) is 0 Å². The fourth-order valence-electron chi connectivity index (χ4n) is 3.15. The van der Waals surface area contributed by atoms with Crippen molar-refractivity contribution in [3.8, 4) is 0 Å². The molecule has 0 N–H and O–H groups in total. The lowest BCUT2D eigenvalue weighted by molar-refractivity contribution is -0.0245. The summed E-state index contributed by atoms with van der Waals surface area (Å²) in [6, 6.07) is 0.0781. The van der Waals surface area contributed by atoms with Gasteiger partial charge in [0.25, 0.3) is 0 Å². The van der Waals surface area contributed by atoms with E-state index in [0.29, 0.717) is 32.8 Å². The second-order valence-corrected chi connectivity index (χ2v) is 7.21. The summed E-state index contributed by atoms with van der Waals surface area (Å²) in [6.07, 6.45) is 3.77. The number of rotatable bonds is 2. The van der Waals surface area contributed by atoms with Gasteiger partial charge in [0.05, 0.1) is 25.4 Å². The van der Waals surface area contributed by atoms with E-state index < -0.39 is 10.0 Å². The van der Waals surface area contributed by atoms with Crippen molar-refractivity contribution >= 4 is 10.0 Å². The number of fused-ring (bicyclic) bond motifs is 1. The molecular formula is C11H19NO4S. The number of hydrogen-bond acceptors (Lipinski definition) is 4. The Kier molecular flexibility index (Phi) is 3.15. The molecule has 98 valence electrons. The van der Waals surface area contributed by atoms with Crippen molar-refractivity contribution in [2.24, 2.45) is 0 Å². The van der Waals surface area contributed by atoms with Crippen molar-refractivity contribution in [3.63, 3.8) is 0 Å². The summed E-state index contributed by atoms with van der Waals surface area (Å²) in [4.78, 5) is 0. The first kappa shape index (κ1) is 11.9. The second kappa shape index (κ2) is 4.50. The highest BCUT2D eigenvalue weighted by Crippen LogP contribution is 2.33. The number of sulfonamides is 1. The van der Waals surface area contributed by atoms with Crippen molar-refractivity contribution in [1.82, 2.24) is 4.31 Å². The van der Waals surface area contributed by atoms with Gasteiger partial charge in [-0.3, -0.25) is 0 Å². The molecule has 0 radical (unpaired) electrons. The SMILES string of the molecule is O=S(=O)(C1CCOC1)N1CCO[C@H]2CCC[C@H]21. The van der Waals surface area contributed by atoms with E-state index >= 15 is 0 Å². The molecule has 0 bridgehead atoms. The minimum atomic E-state index is -3.19. The first-order chi connectivity index (χ1) is 8.19. The highest BCUT2D eigenvalue weighted by molar-refractivity contribution is 7.89. The van der Waals surface area contributed by atoms with Crippen LogP contribution in [0.5, 0.6) is 0 Å². The zero-order valence-corrected chi connectivity index (χ0v) is 10.7. The monoisotopic (exact) mass is 261 g/mol. The number of morpholine rings is 1. The maximum atomic E-state index is 12.5. The Bertz CT molecular complexity index is 377. The first-order valence-electron chi connectivity index (χ1n) is 6.39. The van der Waals surface area contributed by atoms with Crippen LogP contribution in [0.3, 0.4) is 0 Å². The topological polar surface area (TPSA) is 55.8 Å². The predicted octanol–water partition coefficient (Wildman–Crippen LogP) is 0.358. The van der Waals surface area contributed by atoms with Gasteiger partial charge in [0, 0.05) is 13.2 Å². The summed E-state index contributed by atoms with van der Waals surface area (Å²) < 4.78 is 37.6. The largest absolute Gasteiger partial charge is 0.380 e.